The molecule has 216 valence electrons. The van der Waals surface area contributed by atoms with Gasteiger partial charge < -0.3 is 24.6 Å². The van der Waals surface area contributed by atoms with Crippen LogP contribution in [0.3, 0.4) is 0 Å². The van der Waals surface area contributed by atoms with Crippen LogP contribution < -0.4 is 4.74 Å². The minimum absolute atomic E-state index is 0.112. The summed E-state index contributed by atoms with van der Waals surface area (Å²) in [6.45, 7) is 1.11. The van der Waals surface area contributed by atoms with Crippen LogP contribution in [-0.4, -0.2) is 91.5 Å². The Bertz CT molecular complexity index is 1850. The van der Waals surface area contributed by atoms with E-state index >= 15 is 0 Å². The average Bonchev–Trinajstić information content (AvgIpc) is 3.73. The lowest BCUT2D eigenvalue weighted by atomic mass is 10.1. The Labute approximate surface area is 245 Å². The first-order valence-electron chi connectivity index (χ1n) is 13.5. The number of carbonyl (C=O) groups is 4. The zero-order valence-electron chi connectivity index (χ0n) is 23.1. The summed E-state index contributed by atoms with van der Waals surface area (Å²) >= 11 is 0. The number of rotatable bonds is 7. The molecule has 0 radical (unpaired) electrons. The molecule has 0 atom stereocenters. The number of hydrogen-bond donors (Lipinski definition) is 2. The van der Waals surface area contributed by atoms with Gasteiger partial charge in [-0.3, -0.25) is 14.4 Å². The van der Waals surface area contributed by atoms with E-state index in [0.29, 0.717) is 52.4 Å². The molecular weight excluding hydrogens is 552 g/mol. The van der Waals surface area contributed by atoms with E-state index in [-0.39, 0.29) is 30.1 Å². The molecule has 0 aliphatic carbocycles. The van der Waals surface area contributed by atoms with Crippen molar-refractivity contribution in [2.45, 2.75) is 0 Å². The largest absolute Gasteiger partial charge is 0.494 e. The topological polar surface area (TPSA) is 151 Å². The van der Waals surface area contributed by atoms with Crippen molar-refractivity contribution in [2.24, 2.45) is 0 Å². The van der Waals surface area contributed by atoms with Crippen LogP contribution in [0.25, 0.3) is 28.0 Å². The Morgan fingerprint density at radius 2 is 1.58 bits per heavy atom. The number of nitrogens with one attached hydrogen (secondary N) is 1. The minimum atomic E-state index is -1.02. The van der Waals surface area contributed by atoms with Gasteiger partial charge in [-0.25, -0.2) is 14.5 Å². The number of piperazine rings is 1. The lowest BCUT2D eigenvalue weighted by molar-refractivity contribution is -0.127. The van der Waals surface area contributed by atoms with Gasteiger partial charge in [-0.15, -0.1) is 0 Å². The van der Waals surface area contributed by atoms with Crippen LogP contribution >= 0.6 is 0 Å². The number of amides is 2. The molecule has 3 aromatic heterocycles. The first-order chi connectivity index (χ1) is 20.9. The molecule has 2 N–H and O–H groups in total. The molecule has 12 nitrogen and oxygen atoms in total. The van der Waals surface area contributed by atoms with Gasteiger partial charge >= 0.3 is 5.97 Å². The molecule has 2 aromatic carbocycles. The molecule has 0 saturated carbocycles. The number of carboxylic acid groups (broad SMARTS) is 1. The molecule has 12 heteroatoms. The molecule has 1 saturated heterocycles. The van der Waals surface area contributed by atoms with Crippen LogP contribution in [0.4, 0.5) is 0 Å². The van der Waals surface area contributed by atoms with Gasteiger partial charge in [0.05, 0.1) is 41.0 Å². The molecule has 43 heavy (non-hydrogen) atoms. The monoisotopic (exact) mass is 578 g/mol. The number of aromatic carboxylic acids is 1. The number of H-pyrrole nitrogens is 1. The summed E-state index contributed by atoms with van der Waals surface area (Å²) in [5.74, 6) is -1.81. The lowest BCUT2D eigenvalue weighted by Crippen LogP contribution is -2.52. The van der Waals surface area contributed by atoms with E-state index in [1.54, 1.807) is 53.6 Å². The zero-order valence-corrected chi connectivity index (χ0v) is 23.1. The van der Waals surface area contributed by atoms with Crippen molar-refractivity contribution in [3.05, 3.63) is 95.9 Å². The van der Waals surface area contributed by atoms with Gasteiger partial charge in [0.15, 0.2) is 5.82 Å². The van der Waals surface area contributed by atoms with Crippen molar-refractivity contribution < 1.29 is 29.0 Å². The van der Waals surface area contributed by atoms with Gasteiger partial charge in [0.1, 0.15) is 5.75 Å². The van der Waals surface area contributed by atoms with Crippen molar-refractivity contribution in [1.82, 2.24) is 29.5 Å². The SMILES string of the molecule is COc1cnc(-n2ccc(-c3ccc(C(=O)O)cc3)n2)c2[nH]cc(C(=O)C(=O)N3CCN(C(=O)c4ccccc4)CC3)c12. The van der Waals surface area contributed by atoms with Crippen molar-refractivity contribution in [1.29, 1.82) is 0 Å². The standard InChI is InChI=1S/C31H26N6O6/c1-43-24-18-33-28(37-12-11-23(34-37)19-7-9-21(10-8-19)31(41)42)26-25(24)22(17-32-26)27(38)30(40)36-15-13-35(14-16-36)29(39)20-5-3-2-4-6-20/h2-12,17-18,32H,13-16H2,1H3,(H,41,42). The lowest BCUT2D eigenvalue weighted by Gasteiger charge is -2.34. The number of Topliss-reactive ketones (excluding diaryl/α,β-unsaturated/α-hetero) is 1. The number of benzene rings is 2. The summed E-state index contributed by atoms with van der Waals surface area (Å²) in [6.07, 6.45) is 4.62. The number of ether oxygens (including phenoxy) is 1. The number of ketones is 1. The van der Waals surface area contributed by atoms with Crippen molar-refractivity contribution in [3.63, 3.8) is 0 Å². The third-order valence-corrected chi connectivity index (χ3v) is 7.42. The number of carboxylic acids is 1. The molecule has 5 aromatic rings. The highest BCUT2D eigenvalue weighted by Gasteiger charge is 2.31. The van der Waals surface area contributed by atoms with E-state index in [1.165, 1.54) is 41.2 Å². The second kappa shape index (κ2) is 11.2. The minimum Gasteiger partial charge on any atom is -0.494 e. The van der Waals surface area contributed by atoms with Gasteiger partial charge in [-0.1, -0.05) is 30.3 Å². The fraction of sp³-hybridized carbons (Fsp3) is 0.161. The molecular formula is C31H26N6O6. The average molecular weight is 579 g/mol. The predicted octanol–water partition coefficient (Wildman–Crippen LogP) is 3.29. The van der Waals surface area contributed by atoms with Crippen molar-refractivity contribution >= 4 is 34.5 Å². The molecule has 0 unspecified atom stereocenters. The second-order valence-corrected chi connectivity index (χ2v) is 9.91. The van der Waals surface area contributed by atoms with Gasteiger partial charge in [-0.05, 0) is 30.3 Å². The maximum atomic E-state index is 13.5. The highest BCUT2D eigenvalue weighted by atomic mass is 16.5. The van der Waals surface area contributed by atoms with Gasteiger partial charge in [0, 0.05) is 49.7 Å². The van der Waals surface area contributed by atoms with E-state index < -0.39 is 17.7 Å². The highest BCUT2D eigenvalue weighted by Crippen LogP contribution is 2.32. The summed E-state index contributed by atoms with van der Waals surface area (Å²) in [5, 5.41) is 14.1. The molecule has 2 amide bonds. The number of nitrogens with zero attached hydrogens (tertiary/aromatic N) is 5. The summed E-state index contributed by atoms with van der Waals surface area (Å²) < 4.78 is 7.02. The zero-order chi connectivity index (χ0) is 30.1. The number of methoxy groups -OCH3 is 1. The van der Waals surface area contributed by atoms with Crippen molar-refractivity contribution in [2.75, 3.05) is 33.3 Å². The molecule has 4 heterocycles. The Hall–Kier alpha value is -5.78. The number of hydrogen-bond acceptors (Lipinski definition) is 7. The Morgan fingerprint density at radius 3 is 2.26 bits per heavy atom. The summed E-state index contributed by atoms with van der Waals surface area (Å²) in [6, 6.07) is 17.0. The van der Waals surface area contributed by atoms with Crippen LogP contribution in [-0.2, 0) is 4.79 Å². The Morgan fingerprint density at radius 1 is 0.884 bits per heavy atom. The quantitative estimate of drug-likeness (QED) is 0.221. The Balaban J connectivity index is 1.23. The third kappa shape index (κ3) is 5.10. The molecule has 6 rings (SSSR count). The second-order valence-electron chi connectivity index (χ2n) is 9.91. The molecule has 0 bridgehead atoms. The fourth-order valence-corrected chi connectivity index (χ4v) is 5.13. The predicted molar refractivity (Wildman–Crippen MR) is 155 cm³/mol. The van der Waals surface area contributed by atoms with E-state index in [2.05, 4.69) is 15.1 Å². The van der Waals surface area contributed by atoms with Crippen LogP contribution in [0.1, 0.15) is 31.1 Å². The first-order valence-corrected chi connectivity index (χ1v) is 13.5. The number of carbonyl (C=O) groups excluding carboxylic acids is 3. The highest BCUT2D eigenvalue weighted by molar-refractivity contribution is 6.45. The molecule has 1 aliphatic rings. The number of aromatic amines is 1. The van der Waals surface area contributed by atoms with E-state index in [1.807, 2.05) is 6.07 Å². The number of fused-ring (bicyclic) bond motifs is 1. The maximum absolute atomic E-state index is 13.5. The fourth-order valence-electron chi connectivity index (χ4n) is 5.13. The van der Waals surface area contributed by atoms with Gasteiger partial charge in [-0.2, -0.15) is 5.10 Å². The smallest absolute Gasteiger partial charge is 0.335 e. The third-order valence-electron chi connectivity index (χ3n) is 7.42. The van der Waals surface area contributed by atoms with Crippen LogP contribution in [0.2, 0.25) is 0 Å². The Kier molecular flexibility index (Phi) is 7.16. The summed E-state index contributed by atoms with van der Waals surface area (Å²) in [5.41, 5.74) is 2.64. The molecule has 1 aliphatic heterocycles. The first kappa shape index (κ1) is 27.4. The maximum Gasteiger partial charge on any atom is 0.335 e. The van der Waals surface area contributed by atoms with Crippen LogP contribution in [0, 0.1) is 0 Å². The summed E-state index contributed by atoms with van der Waals surface area (Å²) in [7, 11) is 1.45. The molecule has 1 fully saturated rings. The summed E-state index contributed by atoms with van der Waals surface area (Å²) in [4.78, 5) is 61.5. The normalized spacial score (nSPS) is 13.2. The van der Waals surface area contributed by atoms with E-state index in [9.17, 15) is 19.2 Å². The van der Waals surface area contributed by atoms with Crippen molar-refractivity contribution in [3.8, 4) is 22.8 Å². The van der Waals surface area contributed by atoms with E-state index in [0.717, 1.165) is 0 Å². The number of aromatic nitrogens is 4. The molecule has 0 spiro atoms. The van der Waals surface area contributed by atoms with Gasteiger partial charge in [0.25, 0.3) is 17.6 Å². The van der Waals surface area contributed by atoms with Gasteiger partial charge in [0.2, 0.25) is 0 Å². The number of pyridine rings is 1. The van der Waals surface area contributed by atoms with E-state index in [4.69, 9.17) is 9.84 Å². The van der Waals surface area contributed by atoms with Crippen LogP contribution in [0.15, 0.2) is 79.3 Å². The van der Waals surface area contributed by atoms with Crippen LogP contribution in [0.5, 0.6) is 5.75 Å².